The lowest BCUT2D eigenvalue weighted by atomic mass is 10.1. The van der Waals surface area contributed by atoms with Gasteiger partial charge >= 0.3 is 5.97 Å². The van der Waals surface area contributed by atoms with Crippen LogP contribution in [0.4, 0.5) is 5.69 Å². The minimum Gasteiger partial charge on any atom is -0.478 e. The van der Waals surface area contributed by atoms with Gasteiger partial charge in [0.2, 0.25) is 0 Å². The molecule has 0 atom stereocenters. The summed E-state index contributed by atoms with van der Waals surface area (Å²) in [6, 6.07) is 6.02. The first-order chi connectivity index (χ1) is 9.60. The molecule has 0 spiro atoms. The predicted octanol–water partition coefficient (Wildman–Crippen LogP) is 4.17. The maximum Gasteiger partial charge on any atom is 0.328 e. The van der Waals surface area contributed by atoms with Gasteiger partial charge in [0.1, 0.15) is 0 Å². The molecule has 0 bridgehead atoms. The minimum atomic E-state index is -0.924. The molecule has 1 aromatic rings. The molecule has 4 heteroatoms. The van der Waals surface area contributed by atoms with Crippen molar-refractivity contribution in [1.29, 1.82) is 0 Å². The number of rotatable bonds is 7. The van der Waals surface area contributed by atoms with Gasteiger partial charge in [-0.3, -0.25) is 0 Å². The van der Waals surface area contributed by atoms with Gasteiger partial charge in [0.05, 0.1) is 5.69 Å². The Labute approximate surface area is 128 Å². The fourth-order valence-electron chi connectivity index (χ4n) is 2.24. The summed E-state index contributed by atoms with van der Waals surface area (Å²) in [7, 11) is 0. The molecule has 108 valence electrons. The molecule has 1 saturated carbocycles. The summed E-state index contributed by atoms with van der Waals surface area (Å²) in [4.78, 5) is 13.0. The van der Waals surface area contributed by atoms with Gasteiger partial charge in [0.15, 0.2) is 0 Å². The molecule has 0 saturated heterocycles. The lowest BCUT2D eigenvalue weighted by Gasteiger charge is -2.25. The zero-order valence-electron chi connectivity index (χ0n) is 11.7. The molecule has 0 amide bonds. The molecule has 0 heterocycles. The van der Waals surface area contributed by atoms with Crippen molar-refractivity contribution >= 4 is 33.7 Å². The van der Waals surface area contributed by atoms with Crippen molar-refractivity contribution in [2.45, 2.75) is 26.2 Å². The van der Waals surface area contributed by atoms with Crippen LogP contribution in [0.3, 0.4) is 0 Å². The number of anilines is 1. The van der Waals surface area contributed by atoms with Gasteiger partial charge in [0, 0.05) is 23.6 Å². The van der Waals surface area contributed by atoms with E-state index in [0.29, 0.717) is 0 Å². The molecular weight excluding hydrogens is 318 g/mol. The van der Waals surface area contributed by atoms with Crippen molar-refractivity contribution < 1.29 is 9.90 Å². The fraction of sp³-hybridized carbons (Fsp3) is 0.438. The second-order valence-electron chi connectivity index (χ2n) is 5.27. The van der Waals surface area contributed by atoms with E-state index >= 15 is 0 Å². The summed E-state index contributed by atoms with van der Waals surface area (Å²) in [5.74, 6) is -0.0772. The number of carbonyl (C=O) groups is 1. The van der Waals surface area contributed by atoms with E-state index in [2.05, 4.69) is 33.8 Å². The van der Waals surface area contributed by atoms with Crippen LogP contribution in [-0.4, -0.2) is 24.2 Å². The topological polar surface area (TPSA) is 40.5 Å². The van der Waals surface area contributed by atoms with Crippen LogP contribution < -0.4 is 4.90 Å². The molecule has 1 aromatic carbocycles. The largest absolute Gasteiger partial charge is 0.478 e. The van der Waals surface area contributed by atoms with E-state index in [1.165, 1.54) is 18.5 Å². The Kier molecular flexibility index (Phi) is 5.24. The average molecular weight is 338 g/mol. The standard InChI is InChI=1S/C16H20BrNO2/c1-2-9-18(11-13-3-4-13)15-7-5-12(10-14(15)17)6-8-16(19)20/h5-8,10,13H,2-4,9,11H2,1H3,(H,19,20)/b8-6+. The Morgan fingerprint density at radius 1 is 1.50 bits per heavy atom. The van der Waals surface area contributed by atoms with Crippen molar-refractivity contribution in [3.8, 4) is 0 Å². The molecule has 3 nitrogen and oxygen atoms in total. The van der Waals surface area contributed by atoms with Gasteiger partial charge in [-0.1, -0.05) is 13.0 Å². The summed E-state index contributed by atoms with van der Waals surface area (Å²) >= 11 is 3.61. The number of nitrogens with zero attached hydrogens (tertiary/aromatic N) is 1. The van der Waals surface area contributed by atoms with E-state index in [9.17, 15) is 4.79 Å². The first-order valence-corrected chi connectivity index (χ1v) is 7.85. The Balaban J connectivity index is 2.15. The van der Waals surface area contributed by atoms with Gasteiger partial charge in [-0.15, -0.1) is 0 Å². The van der Waals surface area contributed by atoms with Crippen LogP contribution >= 0.6 is 15.9 Å². The zero-order chi connectivity index (χ0) is 14.5. The molecule has 0 aromatic heterocycles. The number of hydrogen-bond donors (Lipinski definition) is 1. The second kappa shape index (κ2) is 6.93. The van der Waals surface area contributed by atoms with Crippen LogP contribution in [0.25, 0.3) is 6.08 Å². The molecule has 0 unspecified atom stereocenters. The number of carboxylic acids is 1. The minimum absolute atomic E-state index is 0.847. The lowest BCUT2D eigenvalue weighted by molar-refractivity contribution is -0.131. The highest BCUT2D eigenvalue weighted by Gasteiger charge is 2.24. The van der Waals surface area contributed by atoms with Crippen molar-refractivity contribution in [2.75, 3.05) is 18.0 Å². The van der Waals surface area contributed by atoms with Gasteiger partial charge in [-0.05, 0) is 64.9 Å². The van der Waals surface area contributed by atoms with E-state index < -0.39 is 5.97 Å². The van der Waals surface area contributed by atoms with Crippen molar-refractivity contribution in [3.05, 3.63) is 34.3 Å². The van der Waals surface area contributed by atoms with Crippen LogP contribution in [0.1, 0.15) is 31.7 Å². The third kappa shape index (κ3) is 4.37. The van der Waals surface area contributed by atoms with E-state index in [0.717, 1.165) is 41.5 Å². The number of halogens is 1. The average Bonchev–Trinajstić information content (AvgIpc) is 3.20. The normalized spacial score (nSPS) is 14.7. The Bertz CT molecular complexity index is 509. The first kappa shape index (κ1) is 15.1. The second-order valence-corrected chi connectivity index (χ2v) is 6.13. The molecule has 1 aliphatic carbocycles. The SMILES string of the molecule is CCCN(CC1CC1)c1ccc(/C=C/C(=O)O)cc1Br. The van der Waals surface area contributed by atoms with Crippen molar-refractivity contribution in [3.63, 3.8) is 0 Å². The molecule has 1 N–H and O–H groups in total. The van der Waals surface area contributed by atoms with Gasteiger partial charge in [-0.25, -0.2) is 4.79 Å². The molecule has 0 radical (unpaired) electrons. The Hall–Kier alpha value is -1.29. The monoisotopic (exact) mass is 337 g/mol. The van der Waals surface area contributed by atoms with Crippen molar-refractivity contribution in [2.24, 2.45) is 5.92 Å². The predicted molar refractivity (Wildman–Crippen MR) is 86.0 cm³/mol. The molecule has 0 aliphatic heterocycles. The maximum absolute atomic E-state index is 10.5. The fourth-order valence-corrected chi connectivity index (χ4v) is 2.89. The molecular formula is C16H20BrNO2. The van der Waals surface area contributed by atoms with Gasteiger partial charge < -0.3 is 10.0 Å². The van der Waals surface area contributed by atoms with Crippen molar-refractivity contribution in [1.82, 2.24) is 0 Å². The van der Waals surface area contributed by atoms with Crippen LogP contribution in [0.5, 0.6) is 0 Å². The zero-order valence-corrected chi connectivity index (χ0v) is 13.3. The summed E-state index contributed by atoms with van der Waals surface area (Å²) in [5.41, 5.74) is 2.09. The van der Waals surface area contributed by atoms with Crippen LogP contribution in [-0.2, 0) is 4.79 Å². The number of aliphatic carboxylic acids is 1. The molecule has 1 fully saturated rings. The third-order valence-corrected chi connectivity index (χ3v) is 4.03. The summed E-state index contributed by atoms with van der Waals surface area (Å²) in [6.07, 6.45) is 6.59. The molecule has 20 heavy (non-hydrogen) atoms. The highest BCUT2D eigenvalue weighted by Crippen LogP contribution is 2.34. The van der Waals surface area contributed by atoms with Crippen LogP contribution in [0, 0.1) is 5.92 Å². The summed E-state index contributed by atoms with van der Waals surface area (Å²) < 4.78 is 1.03. The van der Waals surface area contributed by atoms with Crippen LogP contribution in [0.2, 0.25) is 0 Å². The number of hydrogen-bond acceptors (Lipinski definition) is 2. The third-order valence-electron chi connectivity index (χ3n) is 3.40. The van der Waals surface area contributed by atoms with E-state index in [-0.39, 0.29) is 0 Å². The Morgan fingerprint density at radius 2 is 2.25 bits per heavy atom. The maximum atomic E-state index is 10.5. The smallest absolute Gasteiger partial charge is 0.328 e. The molecule has 1 aliphatic rings. The lowest BCUT2D eigenvalue weighted by Crippen LogP contribution is -2.26. The van der Waals surface area contributed by atoms with Gasteiger partial charge in [0.25, 0.3) is 0 Å². The number of carboxylic acid groups (broad SMARTS) is 1. The highest BCUT2D eigenvalue weighted by molar-refractivity contribution is 9.10. The summed E-state index contributed by atoms with van der Waals surface area (Å²) in [6.45, 7) is 4.37. The Morgan fingerprint density at radius 3 is 2.80 bits per heavy atom. The highest BCUT2D eigenvalue weighted by atomic mass is 79.9. The quantitative estimate of drug-likeness (QED) is 0.759. The first-order valence-electron chi connectivity index (χ1n) is 7.05. The summed E-state index contributed by atoms with van der Waals surface area (Å²) in [5, 5.41) is 8.66. The van der Waals surface area contributed by atoms with Gasteiger partial charge in [-0.2, -0.15) is 0 Å². The number of benzene rings is 1. The van der Waals surface area contributed by atoms with E-state index in [1.54, 1.807) is 6.08 Å². The van der Waals surface area contributed by atoms with E-state index in [1.807, 2.05) is 12.1 Å². The van der Waals surface area contributed by atoms with Crippen LogP contribution in [0.15, 0.2) is 28.7 Å². The van der Waals surface area contributed by atoms with E-state index in [4.69, 9.17) is 5.11 Å². The molecule has 2 rings (SSSR count).